The van der Waals surface area contributed by atoms with Gasteiger partial charge in [-0.1, -0.05) is 57.1 Å². The molecule has 27 heavy (non-hydrogen) atoms. The van der Waals surface area contributed by atoms with E-state index in [-0.39, 0.29) is 11.4 Å². The highest BCUT2D eigenvalue weighted by atomic mass is 16.5. The van der Waals surface area contributed by atoms with E-state index in [4.69, 9.17) is 10.3 Å². The predicted molar refractivity (Wildman–Crippen MR) is 107 cm³/mol. The van der Waals surface area contributed by atoms with Crippen molar-refractivity contribution in [3.63, 3.8) is 0 Å². The van der Waals surface area contributed by atoms with E-state index in [1.165, 1.54) is 5.56 Å². The first-order valence-electron chi connectivity index (χ1n) is 9.66. The fourth-order valence-corrected chi connectivity index (χ4v) is 3.20. The molecule has 2 rings (SSSR count). The number of benzene rings is 1. The monoisotopic (exact) mass is 372 g/mol. The Bertz CT molecular complexity index is 737. The molecule has 0 saturated carbocycles. The van der Waals surface area contributed by atoms with E-state index in [2.05, 4.69) is 55.3 Å². The molecular formula is C21H32N4O2. The van der Waals surface area contributed by atoms with Gasteiger partial charge in [-0.3, -0.25) is 4.79 Å². The Balaban J connectivity index is 1.93. The maximum absolute atomic E-state index is 12.3. The Kier molecular flexibility index (Phi) is 7.13. The van der Waals surface area contributed by atoms with Crippen LogP contribution < -0.4 is 11.1 Å². The number of aryl methyl sites for hydroxylation is 1. The Morgan fingerprint density at radius 3 is 2.44 bits per heavy atom. The third-order valence-electron chi connectivity index (χ3n) is 4.62. The van der Waals surface area contributed by atoms with Crippen LogP contribution in [0.15, 0.2) is 28.8 Å². The van der Waals surface area contributed by atoms with Gasteiger partial charge in [-0.2, -0.15) is 4.98 Å². The predicted octanol–water partition coefficient (Wildman–Crippen LogP) is 3.67. The number of nitrogens with zero attached hydrogens (tertiary/aromatic N) is 2. The second-order valence-corrected chi connectivity index (χ2v) is 8.20. The van der Waals surface area contributed by atoms with Crippen LogP contribution in [0.1, 0.15) is 64.8 Å². The molecule has 1 aromatic carbocycles. The number of nitrogens with one attached hydrogen (secondary N) is 1. The van der Waals surface area contributed by atoms with Crippen molar-refractivity contribution < 1.29 is 9.32 Å². The van der Waals surface area contributed by atoms with Gasteiger partial charge < -0.3 is 15.6 Å². The molecule has 1 unspecified atom stereocenters. The van der Waals surface area contributed by atoms with Gasteiger partial charge in [0.2, 0.25) is 17.6 Å². The van der Waals surface area contributed by atoms with Crippen LogP contribution in [0.3, 0.4) is 0 Å². The first-order chi connectivity index (χ1) is 12.7. The van der Waals surface area contributed by atoms with Crippen LogP contribution in [0, 0.1) is 5.92 Å². The molecule has 1 amide bonds. The summed E-state index contributed by atoms with van der Waals surface area (Å²) in [6, 6.07) is 8.14. The number of carbonyl (C=O) groups excluding carboxylic acids is 1. The Morgan fingerprint density at radius 2 is 1.89 bits per heavy atom. The van der Waals surface area contributed by atoms with Crippen LogP contribution >= 0.6 is 0 Å². The van der Waals surface area contributed by atoms with Crippen molar-refractivity contribution in [1.82, 2.24) is 15.5 Å². The zero-order valence-corrected chi connectivity index (χ0v) is 17.1. The lowest BCUT2D eigenvalue weighted by Crippen LogP contribution is -2.52. The molecule has 1 heterocycles. The number of rotatable bonds is 9. The minimum atomic E-state index is -0.386. The normalized spacial score (nSPS) is 13.8. The van der Waals surface area contributed by atoms with Crippen molar-refractivity contribution in [3.05, 3.63) is 35.7 Å². The fourth-order valence-electron chi connectivity index (χ4n) is 3.20. The standard InChI is InChI=1S/C21H32N4O2/c1-14(2)12-21(5,13-22)24-18(26)10-11-19-23-20(25-27-19)17-8-6-16(7-9-17)15(3)4/h6-9,14-15H,10-13,22H2,1-5H3,(H,24,26). The maximum atomic E-state index is 12.3. The summed E-state index contributed by atoms with van der Waals surface area (Å²) < 4.78 is 5.30. The first kappa shape index (κ1) is 21.1. The van der Waals surface area contributed by atoms with Crippen molar-refractivity contribution in [2.75, 3.05) is 6.54 Å². The first-order valence-corrected chi connectivity index (χ1v) is 9.66. The zero-order valence-electron chi connectivity index (χ0n) is 17.1. The van der Waals surface area contributed by atoms with Crippen molar-refractivity contribution in [3.8, 4) is 11.4 Å². The van der Waals surface area contributed by atoms with E-state index in [1.54, 1.807) is 0 Å². The van der Waals surface area contributed by atoms with Crippen LogP contribution in [0.5, 0.6) is 0 Å². The third-order valence-corrected chi connectivity index (χ3v) is 4.62. The molecule has 0 saturated heterocycles. The summed E-state index contributed by atoms with van der Waals surface area (Å²) >= 11 is 0. The van der Waals surface area contributed by atoms with Gasteiger partial charge >= 0.3 is 0 Å². The van der Waals surface area contributed by atoms with E-state index in [0.717, 1.165) is 12.0 Å². The molecule has 0 radical (unpaired) electrons. The highest BCUT2D eigenvalue weighted by molar-refractivity contribution is 5.77. The molecule has 6 heteroatoms. The van der Waals surface area contributed by atoms with Gasteiger partial charge in [0.25, 0.3) is 0 Å². The number of aromatic nitrogens is 2. The summed E-state index contributed by atoms with van der Waals surface area (Å²) in [6.45, 7) is 10.9. The minimum absolute atomic E-state index is 0.0513. The molecule has 3 N–H and O–H groups in total. The summed E-state index contributed by atoms with van der Waals surface area (Å²) in [4.78, 5) is 16.7. The molecule has 0 bridgehead atoms. The molecule has 0 aliphatic heterocycles. The second-order valence-electron chi connectivity index (χ2n) is 8.20. The van der Waals surface area contributed by atoms with Crippen LogP contribution in [0.2, 0.25) is 0 Å². The largest absolute Gasteiger partial charge is 0.350 e. The number of hydrogen-bond donors (Lipinski definition) is 2. The molecule has 6 nitrogen and oxygen atoms in total. The summed E-state index contributed by atoms with van der Waals surface area (Å²) in [5.74, 6) is 1.90. The van der Waals surface area contributed by atoms with Gasteiger partial charge in [-0.25, -0.2) is 0 Å². The summed E-state index contributed by atoms with van der Waals surface area (Å²) in [6.07, 6.45) is 1.54. The highest BCUT2D eigenvalue weighted by Gasteiger charge is 2.25. The molecule has 1 aromatic heterocycles. The van der Waals surface area contributed by atoms with Gasteiger partial charge in [-0.15, -0.1) is 0 Å². The average molecular weight is 373 g/mol. The van der Waals surface area contributed by atoms with Gasteiger partial charge in [0, 0.05) is 30.5 Å². The Morgan fingerprint density at radius 1 is 1.22 bits per heavy atom. The van der Waals surface area contributed by atoms with E-state index < -0.39 is 0 Å². The van der Waals surface area contributed by atoms with E-state index in [1.807, 2.05) is 19.1 Å². The van der Waals surface area contributed by atoms with E-state index in [9.17, 15) is 4.79 Å². The zero-order chi connectivity index (χ0) is 20.0. The summed E-state index contributed by atoms with van der Waals surface area (Å²) in [5.41, 5.74) is 7.64. The third kappa shape index (κ3) is 6.17. The molecule has 0 spiro atoms. The summed E-state index contributed by atoms with van der Waals surface area (Å²) in [5, 5.41) is 7.08. The topological polar surface area (TPSA) is 94.0 Å². The number of hydrogen-bond acceptors (Lipinski definition) is 5. The Labute approximate surface area is 161 Å². The van der Waals surface area contributed by atoms with Crippen LogP contribution in [0.4, 0.5) is 0 Å². The molecular weight excluding hydrogens is 340 g/mol. The molecule has 148 valence electrons. The van der Waals surface area contributed by atoms with Gasteiger partial charge in [0.15, 0.2) is 0 Å². The van der Waals surface area contributed by atoms with Crippen molar-refractivity contribution in [2.45, 2.75) is 65.3 Å². The quantitative estimate of drug-likeness (QED) is 0.700. The van der Waals surface area contributed by atoms with E-state index in [0.29, 0.717) is 42.9 Å². The average Bonchev–Trinajstić information content (AvgIpc) is 3.08. The Hall–Kier alpha value is -2.21. The number of nitrogens with two attached hydrogens (primary N) is 1. The molecule has 2 aromatic rings. The summed E-state index contributed by atoms with van der Waals surface area (Å²) in [7, 11) is 0. The minimum Gasteiger partial charge on any atom is -0.350 e. The van der Waals surface area contributed by atoms with Crippen LogP contribution in [-0.2, 0) is 11.2 Å². The van der Waals surface area contributed by atoms with Crippen molar-refractivity contribution in [1.29, 1.82) is 0 Å². The van der Waals surface area contributed by atoms with Gasteiger partial charge in [-0.05, 0) is 30.7 Å². The van der Waals surface area contributed by atoms with Crippen LogP contribution in [-0.4, -0.2) is 28.1 Å². The van der Waals surface area contributed by atoms with Crippen molar-refractivity contribution in [2.24, 2.45) is 11.7 Å². The highest BCUT2D eigenvalue weighted by Crippen LogP contribution is 2.21. The lowest BCUT2D eigenvalue weighted by molar-refractivity contribution is -0.123. The molecule has 0 aliphatic rings. The number of amides is 1. The van der Waals surface area contributed by atoms with Gasteiger partial charge in [0.05, 0.1) is 0 Å². The smallest absolute Gasteiger partial charge is 0.227 e. The van der Waals surface area contributed by atoms with Crippen LogP contribution in [0.25, 0.3) is 11.4 Å². The second kappa shape index (κ2) is 9.13. The number of carbonyl (C=O) groups is 1. The fraction of sp³-hybridized carbons (Fsp3) is 0.571. The SMILES string of the molecule is CC(C)CC(C)(CN)NC(=O)CCc1nc(-c2ccc(C(C)C)cc2)no1. The van der Waals surface area contributed by atoms with Crippen molar-refractivity contribution >= 4 is 5.91 Å². The van der Waals surface area contributed by atoms with Gasteiger partial charge in [0.1, 0.15) is 0 Å². The molecule has 1 atom stereocenters. The lowest BCUT2D eigenvalue weighted by Gasteiger charge is -2.31. The lowest BCUT2D eigenvalue weighted by atomic mass is 9.90. The maximum Gasteiger partial charge on any atom is 0.227 e. The molecule has 0 aliphatic carbocycles. The molecule has 0 fully saturated rings. The van der Waals surface area contributed by atoms with E-state index >= 15 is 0 Å².